The van der Waals surface area contributed by atoms with Crippen molar-refractivity contribution in [2.45, 2.75) is 102 Å². The fraction of sp³-hybridized carbons (Fsp3) is 0.486. The van der Waals surface area contributed by atoms with E-state index >= 15 is 0 Å². The molecule has 12 N–H and O–H groups in total. The first-order valence-corrected chi connectivity index (χ1v) is 17.5. The fourth-order valence-corrected chi connectivity index (χ4v) is 5.12. The number of rotatable bonds is 25. The third-order valence-electron chi connectivity index (χ3n) is 7.97. The van der Waals surface area contributed by atoms with E-state index in [9.17, 15) is 67.7 Å². The van der Waals surface area contributed by atoms with Gasteiger partial charge in [0, 0.05) is 25.3 Å². The molecule has 58 heavy (non-hydrogen) atoms. The van der Waals surface area contributed by atoms with Crippen LogP contribution in [-0.4, -0.2) is 128 Å². The highest BCUT2D eigenvalue weighted by atomic mass is 16.4. The molecule has 0 aliphatic rings. The number of hydrogen-bond acceptors (Lipinski definition) is 12. The molecule has 6 atom stereocenters. The van der Waals surface area contributed by atoms with Crippen molar-refractivity contribution < 1.29 is 78.0 Å². The van der Waals surface area contributed by atoms with Gasteiger partial charge in [-0.05, 0) is 31.2 Å². The molecule has 0 saturated carbocycles. The van der Waals surface area contributed by atoms with Gasteiger partial charge < -0.3 is 58.1 Å². The highest BCUT2D eigenvalue weighted by molar-refractivity contribution is 6.39. The maximum Gasteiger partial charge on any atom is 0.377 e. The lowest BCUT2D eigenvalue weighted by Gasteiger charge is -2.27. The minimum absolute atomic E-state index is 0.0855. The highest BCUT2D eigenvalue weighted by Gasteiger charge is 2.34. The van der Waals surface area contributed by atoms with Crippen LogP contribution in [0.15, 0.2) is 24.3 Å². The Labute approximate surface area is 330 Å². The van der Waals surface area contributed by atoms with Crippen LogP contribution in [0.5, 0.6) is 0 Å². The summed E-state index contributed by atoms with van der Waals surface area (Å²) in [7, 11) is 0. The zero-order valence-corrected chi connectivity index (χ0v) is 31.9. The van der Waals surface area contributed by atoms with Crippen molar-refractivity contribution in [1.82, 2.24) is 31.9 Å². The van der Waals surface area contributed by atoms with Gasteiger partial charge in [-0.15, -0.1) is 0 Å². The first-order valence-electron chi connectivity index (χ1n) is 17.5. The van der Waals surface area contributed by atoms with E-state index in [0.717, 1.165) is 26.0 Å². The summed E-state index contributed by atoms with van der Waals surface area (Å²) in [4.78, 5) is 147. The zero-order chi connectivity index (χ0) is 44.4. The van der Waals surface area contributed by atoms with Gasteiger partial charge in [0.25, 0.3) is 5.78 Å². The smallest absolute Gasteiger partial charge is 0.377 e. The summed E-state index contributed by atoms with van der Waals surface area (Å²) in [6.45, 7) is 5.57. The molecule has 0 spiro atoms. The van der Waals surface area contributed by atoms with Crippen molar-refractivity contribution in [2.24, 2.45) is 11.7 Å². The summed E-state index contributed by atoms with van der Waals surface area (Å²) in [6.07, 6.45) is -3.65. The lowest BCUT2D eigenvalue weighted by molar-refractivity contribution is -0.141. The van der Waals surface area contributed by atoms with E-state index in [4.69, 9.17) is 15.9 Å². The monoisotopic (exact) mass is 821 g/mol. The van der Waals surface area contributed by atoms with Crippen molar-refractivity contribution in [1.29, 1.82) is 0 Å². The molecule has 1 aromatic carbocycles. The molecule has 0 heterocycles. The Bertz CT molecular complexity index is 1750. The Hall–Kier alpha value is -6.94. The van der Waals surface area contributed by atoms with E-state index in [2.05, 4.69) is 31.9 Å². The second-order valence-electron chi connectivity index (χ2n) is 13.4. The first-order chi connectivity index (χ1) is 26.9. The molecule has 0 aliphatic heterocycles. The van der Waals surface area contributed by atoms with Gasteiger partial charge in [-0.25, -0.2) is 4.79 Å². The summed E-state index contributed by atoms with van der Waals surface area (Å²) in [6, 6.07) is -4.90. The molecule has 0 radical (unpaired) electrons. The van der Waals surface area contributed by atoms with E-state index in [0.29, 0.717) is 0 Å². The number of nitrogens with two attached hydrogens (primary N) is 1. The molecule has 0 aliphatic carbocycles. The molecule has 0 bridgehead atoms. The van der Waals surface area contributed by atoms with Gasteiger partial charge in [-0.2, -0.15) is 0 Å². The Morgan fingerprint density at radius 1 is 0.569 bits per heavy atom. The average Bonchev–Trinajstić information content (AvgIpc) is 3.10. The van der Waals surface area contributed by atoms with Crippen LogP contribution in [0.1, 0.15) is 75.7 Å². The number of Topliss-reactive ketones (excluding diaryl/α,β-unsaturated/α-hetero) is 1. The zero-order valence-electron chi connectivity index (χ0n) is 31.9. The number of ketones is 1. The van der Waals surface area contributed by atoms with E-state index < -0.39 is 133 Å². The van der Waals surface area contributed by atoms with Crippen molar-refractivity contribution in [2.75, 3.05) is 0 Å². The Morgan fingerprint density at radius 2 is 1.02 bits per heavy atom. The second kappa shape index (κ2) is 23.2. The number of aliphatic carboxylic acids is 4. The van der Waals surface area contributed by atoms with Crippen LogP contribution in [0.2, 0.25) is 0 Å². The predicted octanol–water partition coefficient (Wildman–Crippen LogP) is -3.21. The number of benzene rings is 1. The lowest BCUT2D eigenvalue weighted by atomic mass is 9.99. The summed E-state index contributed by atoms with van der Waals surface area (Å²) >= 11 is 0. The fourth-order valence-electron chi connectivity index (χ4n) is 5.12. The normalized spacial score (nSPS) is 13.8. The van der Waals surface area contributed by atoms with Crippen LogP contribution in [0.25, 0.3) is 0 Å². The van der Waals surface area contributed by atoms with Crippen LogP contribution in [-0.2, 0) is 59.2 Å². The summed E-state index contributed by atoms with van der Waals surface area (Å²) in [5.41, 5.74) is 5.50. The number of carbonyl (C=O) groups is 12. The van der Waals surface area contributed by atoms with Gasteiger partial charge >= 0.3 is 23.9 Å². The lowest BCUT2D eigenvalue weighted by Crippen LogP contribution is -2.60. The summed E-state index contributed by atoms with van der Waals surface area (Å²) < 4.78 is 0. The molecule has 23 nitrogen and oxygen atoms in total. The Balaban J connectivity index is 3.42. The number of amides is 7. The number of primary amides is 1. The van der Waals surface area contributed by atoms with Crippen LogP contribution < -0.4 is 37.6 Å². The number of carbonyl (C=O) groups excluding carboxylic acids is 8. The molecule has 0 aromatic heterocycles. The molecule has 7 amide bonds. The quantitative estimate of drug-likeness (QED) is 0.0342. The van der Waals surface area contributed by atoms with Gasteiger partial charge in [0.1, 0.15) is 36.3 Å². The number of carboxylic acids is 4. The van der Waals surface area contributed by atoms with E-state index in [1.807, 2.05) is 0 Å². The Kier molecular flexibility index (Phi) is 19.6. The molecule has 1 rings (SSSR count). The molecular weight excluding hydrogens is 774 g/mol. The topological polar surface area (TPSA) is 384 Å². The predicted molar refractivity (Wildman–Crippen MR) is 195 cm³/mol. The highest BCUT2D eigenvalue weighted by Crippen LogP contribution is 2.11. The third-order valence-corrected chi connectivity index (χ3v) is 7.97. The maximum atomic E-state index is 13.7. The summed E-state index contributed by atoms with van der Waals surface area (Å²) in [5.74, 6) is -15.1. The standard InChI is InChI=1S/C35H47N7O16/c1-15(2)11-21(29(36)51)40-33(55)22(12-18-5-7-19(8-6-18)28(50)35(57)58)42-31(53)20(9-10-25(44)45)39-34(56)24(14-27(48)49)41-30(52)16(3)37-32(54)23(13-26(46)47)38-17(4)43/h5-8,15-16,20-24H,9-14H2,1-4H3,(H2,36,51)(H,37,54)(H,38,43)(H,39,56)(H,40,55)(H,41,52)(H,42,53)(H,44,45)(H,46,47)(H,48,49)(H,57,58)/t16-,20-,21-,22-,23-,24-/m0/s1. The van der Waals surface area contributed by atoms with Crippen LogP contribution >= 0.6 is 0 Å². The SMILES string of the molecule is CC(=O)N[C@@H](CC(=O)O)C(=O)N[C@@H](C)C(=O)N[C@@H](CC(=O)O)C(=O)N[C@@H](CCC(=O)O)C(=O)N[C@@H](Cc1ccc(C(=O)C(=O)O)cc1)C(=O)N[C@@H](CC(C)C)C(N)=O. The molecule has 1 aromatic rings. The maximum absolute atomic E-state index is 13.7. The number of hydrogen-bond donors (Lipinski definition) is 11. The number of carboxylic acid groups (broad SMARTS) is 4. The number of nitrogens with one attached hydrogen (secondary N) is 6. The van der Waals surface area contributed by atoms with Gasteiger partial charge in [0.2, 0.25) is 41.4 Å². The third kappa shape index (κ3) is 17.7. The largest absolute Gasteiger partial charge is 0.481 e. The van der Waals surface area contributed by atoms with Gasteiger partial charge in [-0.3, -0.25) is 52.7 Å². The first kappa shape index (κ1) is 49.1. The van der Waals surface area contributed by atoms with Crippen molar-refractivity contribution in [3.63, 3.8) is 0 Å². The van der Waals surface area contributed by atoms with Crippen molar-refractivity contribution >= 4 is 71.0 Å². The molecule has 0 saturated heterocycles. The molecule has 318 valence electrons. The Morgan fingerprint density at radius 3 is 1.48 bits per heavy atom. The van der Waals surface area contributed by atoms with E-state index in [1.54, 1.807) is 13.8 Å². The summed E-state index contributed by atoms with van der Waals surface area (Å²) in [5, 5.41) is 50.1. The molecular formula is C35H47N7O16. The molecule has 0 fully saturated rings. The molecule has 23 heteroatoms. The van der Waals surface area contributed by atoms with Gasteiger partial charge in [0.05, 0.1) is 12.8 Å². The van der Waals surface area contributed by atoms with E-state index in [-0.39, 0.29) is 29.9 Å². The van der Waals surface area contributed by atoms with E-state index in [1.165, 1.54) is 12.1 Å². The second-order valence-corrected chi connectivity index (χ2v) is 13.4. The van der Waals surface area contributed by atoms with Crippen LogP contribution in [0.3, 0.4) is 0 Å². The van der Waals surface area contributed by atoms with Gasteiger partial charge in [-0.1, -0.05) is 38.1 Å². The average molecular weight is 822 g/mol. The van der Waals surface area contributed by atoms with Crippen LogP contribution in [0.4, 0.5) is 0 Å². The minimum atomic E-state index is -1.96. The van der Waals surface area contributed by atoms with Crippen molar-refractivity contribution in [3.8, 4) is 0 Å². The van der Waals surface area contributed by atoms with Crippen LogP contribution in [0, 0.1) is 5.92 Å². The minimum Gasteiger partial charge on any atom is -0.481 e. The molecule has 0 unspecified atom stereocenters. The van der Waals surface area contributed by atoms with Gasteiger partial charge in [0.15, 0.2) is 0 Å². The van der Waals surface area contributed by atoms with Crippen molar-refractivity contribution in [3.05, 3.63) is 35.4 Å².